The maximum atomic E-state index is 12.9. The summed E-state index contributed by atoms with van der Waals surface area (Å²) in [5, 5.41) is 0. The fraction of sp³-hybridized carbons (Fsp3) is 0.312. The van der Waals surface area contributed by atoms with Crippen molar-refractivity contribution < 1.29 is 38.1 Å². The predicted octanol–water partition coefficient (Wildman–Crippen LogP) is 3.87. The summed E-state index contributed by atoms with van der Waals surface area (Å²) in [6.45, 7) is 0. The number of rotatable bonds is 10. The van der Waals surface area contributed by atoms with Gasteiger partial charge in [0.1, 0.15) is 0 Å². The van der Waals surface area contributed by atoms with Gasteiger partial charge in [0.05, 0.1) is 28.4 Å². The number of hydrogen-bond acceptors (Lipinski definition) is 8. The van der Waals surface area contributed by atoms with Crippen LogP contribution in [0.2, 0.25) is 0 Å². The lowest BCUT2D eigenvalue weighted by Crippen LogP contribution is -2.41. The standard InChI is InChI=1S/C32H32O8/c1-37-27(33)31(28(34)38-2,23-13-19-25-15-7-5-8-16-25)21-11-12-22-32(29(35)39-3,30(36)40-4)24-14-20-26-17-9-6-10-18-26/h5-12,15-18H,21-24H2,1-4H3/b12-11+. The second kappa shape index (κ2) is 15.6. The van der Waals surface area contributed by atoms with E-state index in [1.165, 1.54) is 40.6 Å². The van der Waals surface area contributed by atoms with E-state index in [2.05, 4.69) is 23.7 Å². The van der Waals surface area contributed by atoms with E-state index < -0.39 is 34.7 Å². The van der Waals surface area contributed by atoms with Crippen LogP contribution in [-0.2, 0) is 38.1 Å². The van der Waals surface area contributed by atoms with Crippen molar-refractivity contribution in [2.75, 3.05) is 28.4 Å². The molecule has 0 aliphatic heterocycles. The zero-order valence-corrected chi connectivity index (χ0v) is 23.0. The van der Waals surface area contributed by atoms with Crippen molar-refractivity contribution in [3.05, 3.63) is 83.9 Å². The highest BCUT2D eigenvalue weighted by Crippen LogP contribution is 2.34. The van der Waals surface area contributed by atoms with Crippen molar-refractivity contribution in [3.63, 3.8) is 0 Å². The summed E-state index contributed by atoms with van der Waals surface area (Å²) in [7, 11) is 4.66. The van der Waals surface area contributed by atoms with Gasteiger partial charge in [0.15, 0.2) is 10.8 Å². The number of carbonyl (C=O) groups is 4. The topological polar surface area (TPSA) is 105 Å². The maximum absolute atomic E-state index is 12.9. The van der Waals surface area contributed by atoms with Crippen LogP contribution in [0.25, 0.3) is 0 Å². The summed E-state index contributed by atoms with van der Waals surface area (Å²) in [4.78, 5) is 51.4. The largest absolute Gasteiger partial charge is 0.468 e. The Morgan fingerprint density at radius 3 is 1.15 bits per heavy atom. The molecule has 2 aromatic rings. The van der Waals surface area contributed by atoms with Crippen LogP contribution in [0.3, 0.4) is 0 Å². The minimum atomic E-state index is -1.77. The molecule has 2 rings (SSSR count). The monoisotopic (exact) mass is 544 g/mol. The van der Waals surface area contributed by atoms with E-state index in [-0.39, 0.29) is 25.7 Å². The summed E-state index contributed by atoms with van der Waals surface area (Å²) in [5.41, 5.74) is -2.12. The molecule has 40 heavy (non-hydrogen) atoms. The summed E-state index contributed by atoms with van der Waals surface area (Å²) >= 11 is 0. The number of methoxy groups -OCH3 is 4. The van der Waals surface area contributed by atoms with Crippen LogP contribution >= 0.6 is 0 Å². The Labute approximate surface area is 234 Å². The second-order valence-corrected chi connectivity index (χ2v) is 8.70. The third-order valence-electron chi connectivity index (χ3n) is 6.20. The van der Waals surface area contributed by atoms with E-state index in [0.717, 1.165) is 0 Å². The molecule has 0 aromatic heterocycles. The normalized spacial score (nSPS) is 10.8. The van der Waals surface area contributed by atoms with E-state index in [9.17, 15) is 19.2 Å². The van der Waals surface area contributed by atoms with Gasteiger partial charge in [-0.05, 0) is 37.1 Å². The lowest BCUT2D eigenvalue weighted by molar-refractivity contribution is -0.170. The molecular formula is C32H32O8. The zero-order valence-electron chi connectivity index (χ0n) is 23.0. The van der Waals surface area contributed by atoms with Crippen molar-refractivity contribution in [2.24, 2.45) is 10.8 Å². The fourth-order valence-corrected chi connectivity index (χ4v) is 3.92. The molecule has 0 aliphatic carbocycles. The molecule has 8 heteroatoms. The number of benzene rings is 2. The Morgan fingerprint density at radius 1 is 0.575 bits per heavy atom. The van der Waals surface area contributed by atoms with Crippen LogP contribution in [0, 0.1) is 34.5 Å². The third kappa shape index (κ3) is 7.85. The smallest absolute Gasteiger partial charge is 0.324 e. The maximum Gasteiger partial charge on any atom is 0.324 e. The molecule has 0 atom stereocenters. The van der Waals surface area contributed by atoms with Crippen LogP contribution in [0.4, 0.5) is 0 Å². The van der Waals surface area contributed by atoms with Gasteiger partial charge in [-0.25, -0.2) is 0 Å². The molecule has 0 radical (unpaired) electrons. The third-order valence-corrected chi connectivity index (χ3v) is 6.20. The highest BCUT2D eigenvalue weighted by Gasteiger charge is 2.49. The summed E-state index contributed by atoms with van der Waals surface area (Å²) in [6.07, 6.45) is 2.31. The summed E-state index contributed by atoms with van der Waals surface area (Å²) in [5.74, 6) is 8.30. The number of hydrogen-bond donors (Lipinski definition) is 0. The molecule has 0 unspecified atom stereocenters. The Kier molecular flexibility index (Phi) is 12.2. The molecule has 0 heterocycles. The van der Waals surface area contributed by atoms with E-state index in [1.54, 1.807) is 24.3 Å². The Hall–Kier alpha value is -4.82. The Balaban J connectivity index is 2.39. The molecule has 0 bridgehead atoms. The number of ether oxygens (including phenoxy) is 4. The van der Waals surface area contributed by atoms with Gasteiger partial charge in [0.25, 0.3) is 0 Å². The van der Waals surface area contributed by atoms with Gasteiger partial charge in [0.2, 0.25) is 0 Å². The molecule has 0 saturated carbocycles. The molecule has 2 aromatic carbocycles. The van der Waals surface area contributed by atoms with Gasteiger partial charge >= 0.3 is 23.9 Å². The zero-order chi connectivity index (χ0) is 29.4. The van der Waals surface area contributed by atoms with Gasteiger partial charge in [-0.2, -0.15) is 0 Å². The average molecular weight is 545 g/mol. The lowest BCUT2D eigenvalue weighted by Gasteiger charge is -2.26. The number of esters is 4. The minimum Gasteiger partial charge on any atom is -0.468 e. The SMILES string of the molecule is COC(=O)C(CC#Cc1ccccc1)(C/C=C/CC(CC#Cc1ccccc1)(C(=O)OC)C(=O)OC)C(=O)OC. The van der Waals surface area contributed by atoms with Crippen molar-refractivity contribution in [1.82, 2.24) is 0 Å². The summed E-state index contributed by atoms with van der Waals surface area (Å²) in [6, 6.07) is 18.2. The van der Waals surface area contributed by atoms with Crippen molar-refractivity contribution in [1.29, 1.82) is 0 Å². The van der Waals surface area contributed by atoms with E-state index >= 15 is 0 Å². The molecule has 0 saturated heterocycles. The first-order valence-corrected chi connectivity index (χ1v) is 12.4. The molecule has 0 fully saturated rings. The molecule has 0 amide bonds. The second-order valence-electron chi connectivity index (χ2n) is 8.70. The van der Waals surface area contributed by atoms with E-state index in [4.69, 9.17) is 18.9 Å². The molecular weight excluding hydrogens is 512 g/mol. The van der Waals surface area contributed by atoms with Crippen LogP contribution in [0.5, 0.6) is 0 Å². The lowest BCUT2D eigenvalue weighted by atomic mass is 9.78. The highest BCUT2D eigenvalue weighted by atomic mass is 16.6. The number of allylic oxidation sites excluding steroid dienone is 2. The van der Waals surface area contributed by atoms with Gasteiger partial charge in [-0.15, -0.1) is 0 Å². The molecule has 0 N–H and O–H groups in total. The average Bonchev–Trinajstić information content (AvgIpc) is 3.00. The van der Waals surface area contributed by atoms with Crippen LogP contribution in [0.15, 0.2) is 72.8 Å². The fourth-order valence-electron chi connectivity index (χ4n) is 3.92. The first-order chi connectivity index (χ1) is 19.3. The van der Waals surface area contributed by atoms with Crippen LogP contribution in [-0.4, -0.2) is 52.3 Å². The van der Waals surface area contributed by atoms with Crippen LogP contribution in [0.1, 0.15) is 36.8 Å². The first-order valence-electron chi connectivity index (χ1n) is 12.4. The molecule has 8 nitrogen and oxygen atoms in total. The minimum absolute atomic E-state index is 0.163. The van der Waals surface area contributed by atoms with Crippen molar-refractivity contribution >= 4 is 23.9 Å². The van der Waals surface area contributed by atoms with Crippen LogP contribution < -0.4 is 0 Å². The molecule has 0 aliphatic rings. The van der Waals surface area contributed by atoms with Crippen molar-refractivity contribution in [2.45, 2.75) is 25.7 Å². The van der Waals surface area contributed by atoms with Gasteiger partial charge < -0.3 is 18.9 Å². The van der Waals surface area contributed by atoms with Gasteiger partial charge in [-0.1, -0.05) is 72.2 Å². The predicted molar refractivity (Wildman–Crippen MR) is 147 cm³/mol. The Bertz CT molecular complexity index is 1190. The van der Waals surface area contributed by atoms with E-state index in [0.29, 0.717) is 11.1 Å². The summed E-state index contributed by atoms with van der Waals surface area (Å²) < 4.78 is 19.8. The van der Waals surface area contributed by atoms with Crippen molar-refractivity contribution in [3.8, 4) is 23.7 Å². The quantitative estimate of drug-likeness (QED) is 0.146. The molecule has 208 valence electrons. The van der Waals surface area contributed by atoms with Gasteiger partial charge in [0, 0.05) is 24.0 Å². The van der Waals surface area contributed by atoms with Gasteiger partial charge in [-0.3, -0.25) is 19.2 Å². The number of carbonyl (C=O) groups excluding carboxylic acids is 4. The van der Waals surface area contributed by atoms with E-state index in [1.807, 2.05) is 36.4 Å². The Morgan fingerprint density at radius 2 is 0.875 bits per heavy atom. The first kappa shape index (κ1) is 31.4. The molecule has 0 spiro atoms. The highest BCUT2D eigenvalue weighted by molar-refractivity contribution is 6.01.